The summed E-state index contributed by atoms with van der Waals surface area (Å²) in [5.74, 6) is 0.556. The molecular weight excluding hydrogens is 98.9 g/mol. The van der Waals surface area contributed by atoms with Gasteiger partial charge in [0.2, 0.25) is 0 Å². The third-order valence-electron chi connectivity index (χ3n) is 1.82. The Morgan fingerprint density at radius 1 is 1.38 bits per heavy atom. The van der Waals surface area contributed by atoms with E-state index in [0.29, 0.717) is 12.0 Å². The summed E-state index contributed by atoms with van der Waals surface area (Å²) in [7, 11) is 1.25. The molecule has 2 nitrogen and oxygen atoms in total. The monoisotopic (exact) mass is 106 g/mol. The van der Waals surface area contributed by atoms with E-state index in [1.165, 1.54) is 13.6 Å². The molecule has 0 amide bonds. The van der Waals surface area contributed by atoms with Crippen molar-refractivity contribution in [3.8, 4) is 0 Å². The molecule has 0 aromatic carbocycles. The Bertz CT molecular complexity index is 135. The maximum Gasteiger partial charge on any atom is 0.157 e. The standard InChI is InChI=1S/C5H7BN2/c1-2-8-5-4(7-1)3-6-5/h1-2,4-6H,3H2. The molecule has 0 aliphatic carbocycles. The second-order valence-electron chi connectivity index (χ2n) is 2.31. The highest BCUT2D eigenvalue weighted by atomic mass is 14.9. The van der Waals surface area contributed by atoms with Gasteiger partial charge in [0.1, 0.15) is 0 Å². The fraction of sp³-hybridized carbons (Fsp3) is 0.600. The van der Waals surface area contributed by atoms with Crippen LogP contribution in [0.4, 0.5) is 0 Å². The molecule has 0 spiro atoms. The van der Waals surface area contributed by atoms with Crippen molar-refractivity contribution in [2.75, 3.05) is 0 Å². The Morgan fingerprint density at radius 3 is 2.62 bits per heavy atom. The van der Waals surface area contributed by atoms with Gasteiger partial charge in [-0.25, -0.2) is 0 Å². The van der Waals surface area contributed by atoms with Crippen molar-refractivity contribution in [1.29, 1.82) is 0 Å². The minimum absolute atomic E-state index is 0.556. The van der Waals surface area contributed by atoms with Crippen LogP contribution < -0.4 is 0 Å². The summed E-state index contributed by atoms with van der Waals surface area (Å²) in [6, 6.07) is 0.556. The predicted octanol–water partition coefficient (Wildman–Crippen LogP) is -0.295. The van der Waals surface area contributed by atoms with Crippen LogP contribution in [-0.2, 0) is 0 Å². The smallest absolute Gasteiger partial charge is 0.157 e. The zero-order valence-corrected chi connectivity index (χ0v) is 4.62. The lowest BCUT2D eigenvalue weighted by molar-refractivity contribution is 0.633. The summed E-state index contributed by atoms with van der Waals surface area (Å²) in [5, 5.41) is 0. The van der Waals surface area contributed by atoms with E-state index in [2.05, 4.69) is 9.98 Å². The molecule has 3 heteroatoms. The Kier molecular flexibility index (Phi) is 0.773. The van der Waals surface area contributed by atoms with Crippen molar-refractivity contribution >= 4 is 19.7 Å². The molecule has 2 unspecified atom stereocenters. The van der Waals surface area contributed by atoms with E-state index in [0.717, 1.165) is 0 Å². The molecular formula is C5H7BN2. The van der Waals surface area contributed by atoms with E-state index < -0.39 is 0 Å². The van der Waals surface area contributed by atoms with Gasteiger partial charge in [-0.3, -0.25) is 9.98 Å². The van der Waals surface area contributed by atoms with Gasteiger partial charge in [-0.2, -0.15) is 0 Å². The molecule has 1 saturated heterocycles. The number of aliphatic imine (C=N–C) groups is 2. The molecule has 0 radical (unpaired) electrons. The van der Waals surface area contributed by atoms with Gasteiger partial charge in [-0.15, -0.1) is 0 Å². The fourth-order valence-corrected chi connectivity index (χ4v) is 1.11. The minimum atomic E-state index is 0.556. The molecule has 2 rings (SSSR count). The highest BCUT2D eigenvalue weighted by Gasteiger charge is 2.31. The molecule has 2 aliphatic rings. The predicted molar refractivity (Wildman–Crippen MR) is 36.5 cm³/mol. The normalized spacial score (nSPS) is 40.0. The van der Waals surface area contributed by atoms with Crippen LogP contribution in [0.15, 0.2) is 9.98 Å². The highest BCUT2D eigenvalue weighted by Crippen LogP contribution is 2.20. The first kappa shape index (κ1) is 4.30. The van der Waals surface area contributed by atoms with Crippen molar-refractivity contribution in [3.05, 3.63) is 0 Å². The quantitative estimate of drug-likeness (QED) is 0.379. The van der Waals surface area contributed by atoms with Gasteiger partial charge in [0.05, 0.1) is 6.04 Å². The van der Waals surface area contributed by atoms with Crippen molar-refractivity contribution in [2.45, 2.75) is 18.3 Å². The zero-order chi connectivity index (χ0) is 5.40. The molecule has 8 heavy (non-hydrogen) atoms. The van der Waals surface area contributed by atoms with Crippen LogP contribution in [0.5, 0.6) is 0 Å². The molecule has 40 valence electrons. The van der Waals surface area contributed by atoms with E-state index in [1.54, 1.807) is 12.4 Å². The van der Waals surface area contributed by atoms with Crippen molar-refractivity contribution in [3.63, 3.8) is 0 Å². The van der Waals surface area contributed by atoms with Crippen molar-refractivity contribution in [2.24, 2.45) is 9.98 Å². The molecule has 2 aliphatic heterocycles. The van der Waals surface area contributed by atoms with Gasteiger partial charge in [-0.1, -0.05) is 6.32 Å². The van der Waals surface area contributed by atoms with Crippen LogP contribution in [0.2, 0.25) is 6.32 Å². The average molecular weight is 106 g/mol. The molecule has 1 fully saturated rings. The minimum Gasteiger partial charge on any atom is -0.295 e. The van der Waals surface area contributed by atoms with Crippen molar-refractivity contribution in [1.82, 2.24) is 0 Å². The number of hydrogen-bond acceptors (Lipinski definition) is 2. The first-order chi connectivity index (χ1) is 3.97. The van der Waals surface area contributed by atoms with Gasteiger partial charge in [0.15, 0.2) is 7.28 Å². The Morgan fingerprint density at radius 2 is 2.25 bits per heavy atom. The molecule has 2 atom stereocenters. The van der Waals surface area contributed by atoms with Gasteiger partial charge >= 0.3 is 0 Å². The third kappa shape index (κ3) is 0.442. The second kappa shape index (κ2) is 1.44. The van der Waals surface area contributed by atoms with E-state index >= 15 is 0 Å². The number of fused-ring (bicyclic) bond motifs is 1. The second-order valence-corrected chi connectivity index (χ2v) is 2.31. The summed E-state index contributed by atoms with van der Waals surface area (Å²) in [6.07, 6.45) is 4.86. The number of rotatable bonds is 0. The van der Waals surface area contributed by atoms with E-state index in [4.69, 9.17) is 0 Å². The first-order valence-electron chi connectivity index (χ1n) is 3.02. The molecule has 0 aromatic heterocycles. The van der Waals surface area contributed by atoms with Gasteiger partial charge in [0.25, 0.3) is 0 Å². The SMILES string of the molecule is B1CC2N=CC=NC12. The van der Waals surface area contributed by atoms with Crippen LogP contribution in [0.3, 0.4) is 0 Å². The van der Waals surface area contributed by atoms with E-state index in [1.807, 2.05) is 0 Å². The number of nitrogens with zero attached hydrogens (tertiary/aromatic N) is 2. The van der Waals surface area contributed by atoms with Gasteiger partial charge in [0, 0.05) is 18.4 Å². The molecule has 0 saturated carbocycles. The highest BCUT2D eigenvalue weighted by molar-refractivity contribution is 6.44. The molecule has 2 heterocycles. The van der Waals surface area contributed by atoms with Crippen LogP contribution in [-0.4, -0.2) is 31.7 Å². The largest absolute Gasteiger partial charge is 0.295 e. The first-order valence-corrected chi connectivity index (χ1v) is 3.02. The van der Waals surface area contributed by atoms with Crippen LogP contribution in [0.25, 0.3) is 0 Å². The van der Waals surface area contributed by atoms with Gasteiger partial charge in [-0.05, 0) is 0 Å². The summed E-state index contributed by atoms with van der Waals surface area (Å²) in [6.45, 7) is 0. The molecule has 0 aromatic rings. The summed E-state index contributed by atoms with van der Waals surface area (Å²) in [5.41, 5.74) is 0. The van der Waals surface area contributed by atoms with Crippen LogP contribution in [0.1, 0.15) is 0 Å². The average Bonchev–Trinajstić information content (AvgIpc) is 1.72. The third-order valence-corrected chi connectivity index (χ3v) is 1.82. The summed E-state index contributed by atoms with van der Waals surface area (Å²) < 4.78 is 0. The van der Waals surface area contributed by atoms with Gasteiger partial charge < -0.3 is 0 Å². The maximum atomic E-state index is 4.22. The maximum absolute atomic E-state index is 4.22. The fourth-order valence-electron chi connectivity index (χ4n) is 1.11. The number of hydrogen-bond donors (Lipinski definition) is 0. The van der Waals surface area contributed by atoms with E-state index in [-0.39, 0.29) is 0 Å². The van der Waals surface area contributed by atoms with Crippen molar-refractivity contribution < 1.29 is 0 Å². The Hall–Kier alpha value is -0.595. The Labute approximate surface area is 49.0 Å². The van der Waals surface area contributed by atoms with E-state index in [9.17, 15) is 0 Å². The van der Waals surface area contributed by atoms with Crippen LogP contribution in [0, 0.1) is 0 Å². The topological polar surface area (TPSA) is 24.7 Å². The summed E-state index contributed by atoms with van der Waals surface area (Å²) in [4.78, 5) is 8.45. The Balaban J connectivity index is 2.17. The summed E-state index contributed by atoms with van der Waals surface area (Å²) >= 11 is 0. The lowest BCUT2D eigenvalue weighted by Gasteiger charge is -2.30. The molecule has 0 N–H and O–H groups in total. The lowest BCUT2D eigenvalue weighted by Crippen LogP contribution is -2.42. The van der Waals surface area contributed by atoms with Crippen LogP contribution >= 0.6 is 0 Å². The lowest BCUT2D eigenvalue weighted by atomic mass is 9.49. The molecule has 0 bridgehead atoms. The zero-order valence-electron chi connectivity index (χ0n) is 4.62.